The fraction of sp³-hybridized carbons (Fsp3) is 0.923. The number of rotatable bonds is 3. The second-order valence-electron chi connectivity index (χ2n) is 5.36. The monoisotopic (exact) mass is 240 g/mol. The maximum absolute atomic E-state index is 11.9. The largest absolute Gasteiger partial charge is 0.393 e. The minimum Gasteiger partial charge on any atom is -0.393 e. The Morgan fingerprint density at radius 1 is 1.18 bits per heavy atom. The zero-order chi connectivity index (χ0) is 12.1. The molecule has 1 saturated carbocycles. The van der Waals surface area contributed by atoms with Gasteiger partial charge in [0.1, 0.15) is 0 Å². The lowest BCUT2D eigenvalue weighted by atomic mass is 9.86. The highest BCUT2D eigenvalue weighted by Crippen LogP contribution is 2.23. The Labute approximate surface area is 103 Å². The molecule has 2 rings (SSSR count). The number of hydrogen-bond acceptors (Lipinski definition) is 3. The van der Waals surface area contributed by atoms with Crippen LogP contribution in [0.15, 0.2) is 0 Å². The lowest BCUT2D eigenvalue weighted by Gasteiger charge is -2.29. The number of amides is 1. The van der Waals surface area contributed by atoms with Gasteiger partial charge in [0.05, 0.1) is 12.1 Å². The molecule has 98 valence electrons. The van der Waals surface area contributed by atoms with Crippen LogP contribution in [0.25, 0.3) is 0 Å². The zero-order valence-corrected chi connectivity index (χ0v) is 10.5. The van der Waals surface area contributed by atoms with Gasteiger partial charge in [0.2, 0.25) is 5.91 Å². The molecule has 0 aromatic rings. The molecule has 0 bridgehead atoms. The Bertz CT molecular complexity index is 252. The minimum absolute atomic E-state index is 0.00974. The molecule has 1 aliphatic carbocycles. The van der Waals surface area contributed by atoms with Crippen molar-refractivity contribution in [2.24, 2.45) is 5.92 Å². The predicted octanol–water partition coefficient (Wildman–Crippen LogP) is 0.796. The Hall–Kier alpha value is -0.610. The molecule has 1 aliphatic heterocycles. The molecule has 2 unspecified atom stereocenters. The van der Waals surface area contributed by atoms with Crippen LogP contribution < -0.4 is 10.6 Å². The van der Waals surface area contributed by atoms with Gasteiger partial charge in [-0.25, -0.2) is 0 Å². The first-order chi connectivity index (χ1) is 8.27. The first-order valence-electron chi connectivity index (χ1n) is 6.96. The number of carbonyl (C=O) groups is 1. The lowest BCUT2D eigenvalue weighted by Crippen LogP contribution is -2.48. The van der Waals surface area contributed by atoms with Crippen LogP contribution >= 0.6 is 0 Å². The Balaban J connectivity index is 1.71. The SMILES string of the molecule is O=C(NCC1CCCCC1O)[C@H]1CCCCN1. The lowest BCUT2D eigenvalue weighted by molar-refractivity contribution is -0.124. The molecule has 3 atom stereocenters. The fourth-order valence-corrected chi connectivity index (χ4v) is 2.86. The van der Waals surface area contributed by atoms with Gasteiger partial charge in [-0.15, -0.1) is 0 Å². The fourth-order valence-electron chi connectivity index (χ4n) is 2.86. The van der Waals surface area contributed by atoms with Gasteiger partial charge in [-0.1, -0.05) is 19.3 Å². The van der Waals surface area contributed by atoms with Crippen LogP contribution in [0.1, 0.15) is 44.9 Å². The summed E-state index contributed by atoms with van der Waals surface area (Å²) >= 11 is 0. The van der Waals surface area contributed by atoms with Crippen LogP contribution in [0.2, 0.25) is 0 Å². The van der Waals surface area contributed by atoms with Gasteiger partial charge in [0.15, 0.2) is 0 Å². The summed E-state index contributed by atoms with van der Waals surface area (Å²) in [5.74, 6) is 0.374. The molecular weight excluding hydrogens is 216 g/mol. The van der Waals surface area contributed by atoms with Crippen molar-refractivity contribution in [3.63, 3.8) is 0 Å². The van der Waals surface area contributed by atoms with Crippen molar-refractivity contribution in [2.75, 3.05) is 13.1 Å². The third-order valence-corrected chi connectivity index (χ3v) is 4.03. The molecule has 0 aromatic carbocycles. The Morgan fingerprint density at radius 2 is 1.94 bits per heavy atom. The molecule has 1 heterocycles. The van der Waals surface area contributed by atoms with E-state index in [-0.39, 0.29) is 24.0 Å². The van der Waals surface area contributed by atoms with E-state index >= 15 is 0 Å². The number of hydrogen-bond donors (Lipinski definition) is 3. The van der Waals surface area contributed by atoms with E-state index < -0.39 is 0 Å². The van der Waals surface area contributed by atoms with Gasteiger partial charge in [-0.2, -0.15) is 0 Å². The van der Waals surface area contributed by atoms with Crippen molar-refractivity contribution in [1.29, 1.82) is 0 Å². The number of piperidine rings is 1. The number of aliphatic hydroxyl groups excluding tert-OH is 1. The highest BCUT2D eigenvalue weighted by molar-refractivity contribution is 5.81. The molecule has 3 N–H and O–H groups in total. The average Bonchev–Trinajstić information content (AvgIpc) is 2.38. The molecule has 2 aliphatic rings. The van der Waals surface area contributed by atoms with Crippen molar-refractivity contribution >= 4 is 5.91 Å². The molecule has 17 heavy (non-hydrogen) atoms. The maximum Gasteiger partial charge on any atom is 0.237 e. The van der Waals surface area contributed by atoms with Crippen molar-refractivity contribution in [3.05, 3.63) is 0 Å². The molecule has 0 radical (unpaired) electrons. The van der Waals surface area contributed by atoms with Gasteiger partial charge in [0.25, 0.3) is 0 Å². The van der Waals surface area contributed by atoms with Crippen molar-refractivity contribution in [1.82, 2.24) is 10.6 Å². The first kappa shape index (κ1) is 12.8. The Morgan fingerprint density at radius 3 is 2.65 bits per heavy atom. The third-order valence-electron chi connectivity index (χ3n) is 4.03. The summed E-state index contributed by atoms with van der Waals surface area (Å²) in [7, 11) is 0. The maximum atomic E-state index is 11.9. The summed E-state index contributed by atoms with van der Waals surface area (Å²) < 4.78 is 0. The third kappa shape index (κ3) is 3.68. The van der Waals surface area contributed by atoms with Crippen LogP contribution in [-0.2, 0) is 4.79 Å². The molecular formula is C13H24N2O2. The van der Waals surface area contributed by atoms with Crippen LogP contribution in [0.4, 0.5) is 0 Å². The molecule has 0 spiro atoms. The normalized spacial score (nSPS) is 34.3. The van der Waals surface area contributed by atoms with E-state index in [9.17, 15) is 9.90 Å². The van der Waals surface area contributed by atoms with E-state index in [1.165, 1.54) is 12.8 Å². The average molecular weight is 240 g/mol. The van der Waals surface area contributed by atoms with Crippen LogP contribution in [0, 0.1) is 5.92 Å². The van der Waals surface area contributed by atoms with Crippen molar-refractivity contribution in [3.8, 4) is 0 Å². The minimum atomic E-state index is -0.219. The summed E-state index contributed by atoms with van der Waals surface area (Å²) in [5, 5.41) is 16.1. The van der Waals surface area contributed by atoms with E-state index in [0.717, 1.165) is 38.6 Å². The van der Waals surface area contributed by atoms with Crippen LogP contribution in [0.3, 0.4) is 0 Å². The smallest absolute Gasteiger partial charge is 0.237 e. The second-order valence-corrected chi connectivity index (χ2v) is 5.36. The van der Waals surface area contributed by atoms with Gasteiger partial charge < -0.3 is 15.7 Å². The second kappa shape index (κ2) is 6.36. The summed E-state index contributed by atoms with van der Waals surface area (Å²) in [4.78, 5) is 11.9. The van der Waals surface area contributed by atoms with Crippen molar-refractivity contribution < 1.29 is 9.90 Å². The standard InChI is InChI=1S/C13H24N2O2/c16-12-7-2-1-5-10(12)9-15-13(17)11-6-3-4-8-14-11/h10-12,14,16H,1-9H2,(H,15,17)/t10?,11-,12?/m1/s1. The van der Waals surface area contributed by atoms with Gasteiger partial charge in [-0.3, -0.25) is 4.79 Å². The first-order valence-corrected chi connectivity index (χ1v) is 6.96. The van der Waals surface area contributed by atoms with E-state index in [2.05, 4.69) is 10.6 Å². The summed E-state index contributed by atoms with van der Waals surface area (Å²) in [6.45, 7) is 1.59. The van der Waals surface area contributed by atoms with Gasteiger partial charge in [0, 0.05) is 12.5 Å². The van der Waals surface area contributed by atoms with Gasteiger partial charge >= 0.3 is 0 Å². The van der Waals surface area contributed by atoms with E-state index in [1.54, 1.807) is 0 Å². The highest BCUT2D eigenvalue weighted by atomic mass is 16.3. The summed E-state index contributed by atoms with van der Waals surface area (Å²) in [6.07, 6.45) is 7.27. The quantitative estimate of drug-likeness (QED) is 0.683. The predicted molar refractivity (Wildman–Crippen MR) is 66.6 cm³/mol. The number of carbonyl (C=O) groups excluding carboxylic acids is 1. The summed E-state index contributed by atoms with van der Waals surface area (Å²) in [6, 6.07) is -0.00974. The van der Waals surface area contributed by atoms with E-state index in [1.807, 2.05) is 0 Å². The zero-order valence-electron chi connectivity index (χ0n) is 10.5. The van der Waals surface area contributed by atoms with E-state index in [4.69, 9.17) is 0 Å². The topological polar surface area (TPSA) is 61.4 Å². The number of nitrogens with one attached hydrogen (secondary N) is 2. The number of aliphatic hydroxyl groups is 1. The summed E-state index contributed by atoms with van der Waals surface area (Å²) in [5.41, 5.74) is 0. The molecule has 4 nitrogen and oxygen atoms in total. The Kier molecular flexibility index (Phi) is 4.80. The van der Waals surface area contributed by atoms with Crippen molar-refractivity contribution in [2.45, 2.75) is 57.1 Å². The van der Waals surface area contributed by atoms with E-state index in [0.29, 0.717) is 6.54 Å². The molecule has 1 amide bonds. The molecule has 2 fully saturated rings. The molecule has 4 heteroatoms. The highest BCUT2D eigenvalue weighted by Gasteiger charge is 2.25. The van der Waals surface area contributed by atoms with Gasteiger partial charge in [-0.05, 0) is 32.2 Å². The van der Waals surface area contributed by atoms with Crippen LogP contribution in [0.5, 0.6) is 0 Å². The van der Waals surface area contributed by atoms with Crippen LogP contribution in [-0.4, -0.2) is 36.2 Å². The molecule has 1 saturated heterocycles. The molecule has 0 aromatic heterocycles.